The van der Waals surface area contributed by atoms with Crippen molar-refractivity contribution in [1.29, 1.82) is 0 Å². The zero-order valence-electron chi connectivity index (χ0n) is 9.69. The standard InChI is InChI=1S/C10H14N4O2S/c1-5(11)9-6(2)12-10(17-9)14-3-7(15)13-8(16)4-14/h5H,3-4,11H2,1-2H3,(H,13,15,16). The number of aromatic nitrogens is 1. The summed E-state index contributed by atoms with van der Waals surface area (Å²) < 4.78 is 0. The monoisotopic (exact) mass is 254 g/mol. The lowest BCUT2D eigenvalue weighted by Gasteiger charge is -2.24. The van der Waals surface area contributed by atoms with E-state index >= 15 is 0 Å². The minimum Gasteiger partial charge on any atom is -0.329 e. The number of amides is 2. The molecule has 0 spiro atoms. The zero-order chi connectivity index (χ0) is 12.6. The van der Waals surface area contributed by atoms with Crippen molar-refractivity contribution in [3.63, 3.8) is 0 Å². The highest BCUT2D eigenvalue weighted by atomic mass is 32.1. The van der Waals surface area contributed by atoms with Gasteiger partial charge in [0.1, 0.15) is 13.1 Å². The van der Waals surface area contributed by atoms with Crippen molar-refractivity contribution < 1.29 is 9.59 Å². The number of thiazole rings is 1. The van der Waals surface area contributed by atoms with Crippen LogP contribution in [0.3, 0.4) is 0 Å². The first-order chi connectivity index (χ1) is 7.97. The molecule has 0 bridgehead atoms. The van der Waals surface area contributed by atoms with Crippen LogP contribution in [-0.2, 0) is 9.59 Å². The fourth-order valence-corrected chi connectivity index (χ4v) is 2.74. The number of aryl methyl sites for hydroxylation is 1. The molecule has 0 saturated carbocycles. The lowest BCUT2D eigenvalue weighted by Crippen LogP contribution is -2.51. The number of imide groups is 1. The topological polar surface area (TPSA) is 88.3 Å². The highest BCUT2D eigenvalue weighted by Gasteiger charge is 2.25. The van der Waals surface area contributed by atoms with E-state index in [0.717, 1.165) is 10.6 Å². The average Bonchev–Trinajstić information content (AvgIpc) is 2.59. The van der Waals surface area contributed by atoms with Crippen molar-refractivity contribution in [2.45, 2.75) is 19.9 Å². The molecular weight excluding hydrogens is 240 g/mol. The Labute approximate surface area is 103 Å². The van der Waals surface area contributed by atoms with Gasteiger partial charge in [-0.25, -0.2) is 4.98 Å². The number of nitrogens with one attached hydrogen (secondary N) is 1. The van der Waals surface area contributed by atoms with Gasteiger partial charge in [-0.05, 0) is 13.8 Å². The van der Waals surface area contributed by atoms with Gasteiger partial charge in [0.25, 0.3) is 0 Å². The van der Waals surface area contributed by atoms with E-state index in [2.05, 4.69) is 10.3 Å². The Hall–Kier alpha value is -1.47. The van der Waals surface area contributed by atoms with E-state index in [1.165, 1.54) is 11.3 Å². The van der Waals surface area contributed by atoms with E-state index in [9.17, 15) is 9.59 Å². The first kappa shape index (κ1) is 12.0. The maximum atomic E-state index is 11.3. The molecule has 1 aliphatic rings. The number of rotatable bonds is 2. The van der Waals surface area contributed by atoms with Crippen LogP contribution in [0.2, 0.25) is 0 Å². The van der Waals surface area contributed by atoms with Gasteiger partial charge in [-0.3, -0.25) is 14.9 Å². The van der Waals surface area contributed by atoms with Gasteiger partial charge in [0.05, 0.1) is 5.69 Å². The molecule has 1 aromatic rings. The largest absolute Gasteiger partial charge is 0.329 e. The Morgan fingerprint density at radius 2 is 2.00 bits per heavy atom. The number of carbonyl (C=O) groups excluding carboxylic acids is 2. The molecule has 1 atom stereocenters. The molecule has 0 aliphatic carbocycles. The summed E-state index contributed by atoms with van der Waals surface area (Å²) in [5.41, 5.74) is 6.68. The summed E-state index contributed by atoms with van der Waals surface area (Å²) in [4.78, 5) is 29.5. The fourth-order valence-electron chi connectivity index (χ4n) is 1.72. The highest BCUT2D eigenvalue weighted by molar-refractivity contribution is 7.15. The average molecular weight is 254 g/mol. The second-order valence-electron chi connectivity index (χ2n) is 4.06. The molecule has 6 nitrogen and oxygen atoms in total. The molecular formula is C10H14N4O2S. The van der Waals surface area contributed by atoms with Crippen molar-refractivity contribution in [3.05, 3.63) is 10.6 Å². The second kappa shape index (κ2) is 4.42. The third kappa shape index (κ3) is 2.45. The molecule has 2 amide bonds. The SMILES string of the molecule is Cc1nc(N2CC(=O)NC(=O)C2)sc1C(C)N. The number of hydrogen-bond donors (Lipinski definition) is 2. The summed E-state index contributed by atoms with van der Waals surface area (Å²) in [6.07, 6.45) is 0. The summed E-state index contributed by atoms with van der Waals surface area (Å²) in [7, 11) is 0. The van der Waals surface area contributed by atoms with Crippen LogP contribution in [0.25, 0.3) is 0 Å². The molecule has 1 aliphatic heterocycles. The van der Waals surface area contributed by atoms with E-state index < -0.39 is 0 Å². The predicted molar refractivity (Wildman–Crippen MR) is 64.8 cm³/mol. The number of anilines is 1. The molecule has 1 fully saturated rings. The van der Waals surface area contributed by atoms with Crippen LogP contribution in [0.15, 0.2) is 0 Å². The van der Waals surface area contributed by atoms with Crippen molar-refractivity contribution in [3.8, 4) is 0 Å². The first-order valence-electron chi connectivity index (χ1n) is 5.28. The first-order valence-corrected chi connectivity index (χ1v) is 6.09. The number of nitrogens with two attached hydrogens (primary N) is 1. The molecule has 92 valence electrons. The Morgan fingerprint density at radius 3 is 2.47 bits per heavy atom. The van der Waals surface area contributed by atoms with Gasteiger partial charge in [-0.1, -0.05) is 11.3 Å². The van der Waals surface area contributed by atoms with Crippen LogP contribution in [-0.4, -0.2) is 29.9 Å². The van der Waals surface area contributed by atoms with E-state index in [1.54, 1.807) is 4.90 Å². The maximum Gasteiger partial charge on any atom is 0.246 e. The molecule has 7 heteroatoms. The third-order valence-corrected chi connectivity index (χ3v) is 3.87. The summed E-state index contributed by atoms with van der Waals surface area (Å²) in [5, 5.41) is 2.93. The Bertz CT molecular complexity index is 453. The molecule has 1 aromatic heterocycles. The number of piperazine rings is 1. The summed E-state index contributed by atoms with van der Waals surface area (Å²) in [6.45, 7) is 4.09. The zero-order valence-corrected chi connectivity index (χ0v) is 10.5. The second-order valence-corrected chi connectivity index (χ2v) is 5.07. The number of nitrogens with zero attached hydrogens (tertiary/aromatic N) is 2. The summed E-state index contributed by atoms with van der Waals surface area (Å²) in [5.74, 6) is -0.590. The molecule has 2 heterocycles. The third-order valence-electron chi connectivity index (χ3n) is 2.45. The smallest absolute Gasteiger partial charge is 0.246 e. The van der Waals surface area contributed by atoms with Crippen LogP contribution in [0, 0.1) is 6.92 Å². The van der Waals surface area contributed by atoms with Crippen LogP contribution in [0.5, 0.6) is 0 Å². The Kier molecular flexibility index (Phi) is 3.12. The van der Waals surface area contributed by atoms with E-state index in [1.807, 2.05) is 13.8 Å². The summed E-state index contributed by atoms with van der Waals surface area (Å²) >= 11 is 1.44. The van der Waals surface area contributed by atoms with Crippen LogP contribution >= 0.6 is 11.3 Å². The molecule has 0 aromatic carbocycles. The van der Waals surface area contributed by atoms with Gasteiger partial charge in [0, 0.05) is 10.9 Å². The van der Waals surface area contributed by atoms with Crippen molar-refractivity contribution >= 4 is 28.3 Å². The lowest BCUT2D eigenvalue weighted by atomic mass is 10.2. The number of carbonyl (C=O) groups is 2. The molecule has 1 saturated heterocycles. The van der Waals surface area contributed by atoms with Crippen molar-refractivity contribution in [2.75, 3.05) is 18.0 Å². The summed E-state index contributed by atoms with van der Waals surface area (Å²) in [6, 6.07) is -0.0874. The van der Waals surface area contributed by atoms with E-state index in [0.29, 0.717) is 5.13 Å². The molecule has 0 radical (unpaired) electrons. The van der Waals surface area contributed by atoms with Gasteiger partial charge >= 0.3 is 0 Å². The molecule has 1 unspecified atom stereocenters. The van der Waals surface area contributed by atoms with Gasteiger partial charge in [0.2, 0.25) is 11.8 Å². The molecule has 3 N–H and O–H groups in total. The fraction of sp³-hybridized carbons (Fsp3) is 0.500. The van der Waals surface area contributed by atoms with Gasteiger partial charge in [-0.15, -0.1) is 0 Å². The molecule has 17 heavy (non-hydrogen) atoms. The Morgan fingerprint density at radius 1 is 1.41 bits per heavy atom. The van der Waals surface area contributed by atoms with Crippen LogP contribution in [0.4, 0.5) is 5.13 Å². The maximum absolute atomic E-state index is 11.3. The van der Waals surface area contributed by atoms with Gasteiger partial charge in [0.15, 0.2) is 5.13 Å². The minimum atomic E-state index is -0.295. The number of hydrogen-bond acceptors (Lipinski definition) is 6. The molecule has 2 rings (SSSR count). The van der Waals surface area contributed by atoms with Crippen molar-refractivity contribution in [1.82, 2.24) is 10.3 Å². The predicted octanol–water partition coefficient (Wildman–Crippen LogP) is -0.0660. The quantitative estimate of drug-likeness (QED) is 0.721. The van der Waals surface area contributed by atoms with Crippen LogP contribution < -0.4 is 16.0 Å². The van der Waals surface area contributed by atoms with Gasteiger partial charge < -0.3 is 10.6 Å². The van der Waals surface area contributed by atoms with Crippen molar-refractivity contribution in [2.24, 2.45) is 5.73 Å². The van der Waals surface area contributed by atoms with E-state index in [4.69, 9.17) is 5.73 Å². The Balaban J connectivity index is 2.25. The highest BCUT2D eigenvalue weighted by Crippen LogP contribution is 2.29. The minimum absolute atomic E-state index is 0.0874. The van der Waals surface area contributed by atoms with Crippen LogP contribution in [0.1, 0.15) is 23.5 Å². The van der Waals surface area contributed by atoms with E-state index in [-0.39, 0.29) is 30.9 Å². The lowest BCUT2D eigenvalue weighted by molar-refractivity contribution is -0.130. The normalized spacial score (nSPS) is 18.2. The van der Waals surface area contributed by atoms with Gasteiger partial charge in [-0.2, -0.15) is 0 Å².